The van der Waals surface area contributed by atoms with Crippen molar-refractivity contribution in [2.45, 2.75) is 84.7 Å². The Balaban J connectivity index is 7.07. The van der Waals surface area contributed by atoms with Crippen LogP contribution >= 0.6 is 12.2 Å². The SMILES string of the molecule is CC(=CCCNC(=S)C(F)(F)C(F)(F)C(F)(F)C(F)(F)C(F)(F)C(F)(F)C(F)(F)C(F)(F)C(F)(F)C(F)(F)C(F)(F)C(F)(F)F)C(=O)O. The maximum atomic E-state index is 14.0. The lowest BCUT2D eigenvalue weighted by Gasteiger charge is -2.45. The summed E-state index contributed by atoms with van der Waals surface area (Å²) >= 11 is 3.46. The molecule has 29 heteroatoms. The predicted octanol–water partition coefficient (Wildman–Crippen LogP) is 8.88. The quantitative estimate of drug-likeness (QED) is 0.0754. The van der Waals surface area contributed by atoms with Crippen LogP contribution < -0.4 is 5.32 Å². The van der Waals surface area contributed by atoms with Gasteiger partial charge in [0.2, 0.25) is 0 Å². The standard InChI is InChI=1S/C19H10F25NO2S/c1-5(6(46)47)3-2-4-45-7(48)8(20,21)9(22,23)10(24,25)11(26,27)12(28,29)13(30,31)14(32,33)15(34,35)16(36,37)17(38,39)18(40,41)19(42,43)44/h3H,2,4H2,1H3,(H,45,48)(H,46,47). The summed E-state index contributed by atoms with van der Waals surface area (Å²) in [5.74, 6) is -101. The third-order valence-electron chi connectivity index (χ3n) is 5.80. The number of aliphatic carboxylic acids is 1. The van der Waals surface area contributed by atoms with Crippen molar-refractivity contribution in [2.75, 3.05) is 6.54 Å². The molecule has 0 unspecified atom stereocenters. The number of carbonyl (C=O) groups is 1. The third-order valence-corrected chi connectivity index (χ3v) is 6.20. The van der Waals surface area contributed by atoms with Crippen molar-refractivity contribution in [1.82, 2.24) is 5.32 Å². The smallest absolute Gasteiger partial charge is 0.460 e. The highest BCUT2D eigenvalue weighted by Crippen LogP contribution is 2.67. The number of carboxylic acids is 1. The Hall–Kier alpha value is -2.65. The highest BCUT2D eigenvalue weighted by molar-refractivity contribution is 7.80. The summed E-state index contributed by atoms with van der Waals surface area (Å²) in [6.07, 6.45) is -8.54. The molecular formula is C19H10F25NO2S. The molecule has 0 saturated heterocycles. The number of alkyl halides is 25. The summed E-state index contributed by atoms with van der Waals surface area (Å²) in [6.45, 7) is -0.537. The summed E-state index contributed by atoms with van der Waals surface area (Å²) in [7, 11) is 0. The molecule has 0 aromatic rings. The first-order chi connectivity index (χ1) is 20.5. The number of rotatable bonds is 15. The minimum Gasteiger partial charge on any atom is -0.478 e. The highest BCUT2D eigenvalue weighted by atomic mass is 32.1. The molecule has 3 nitrogen and oxygen atoms in total. The van der Waals surface area contributed by atoms with Crippen LogP contribution in [0.15, 0.2) is 11.6 Å². The zero-order valence-corrected chi connectivity index (χ0v) is 22.5. The maximum Gasteiger partial charge on any atom is 0.460 e. The van der Waals surface area contributed by atoms with Gasteiger partial charge in [-0.1, -0.05) is 18.3 Å². The van der Waals surface area contributed by atoms with Crippen LogP contribution in [0.1, 0.15) is 13.3 Å². The molecular weight excluding hydrogens is 781 g/mol. The van der Waals surface area contributed by atoms with Gasteiger partial charge < -0.3 is 10.4 Å². The van der Waals surface area contributed by atoms with Crippen molar-refractivity contribution >= 4 is 23.2 Å². The minimum absolute atomic E-state index is 0.555. The topological polar surface area (TPSA) is 49.3 Å². The number of carboxylic acid groups (broad SMARTS) is 1. The summed E-state index contributed by atoms with van der Waals surface area (Å²) in [6, 6.07) is 0. The van der Waals surface area contributed by atoms with E-state index in [1.54, 1.807) is 0 Å². The van der Waals surface area contributed by atoms with E-state index in [9.17, 15) is 115 Å². The van der Waals surface area contributed by atoms with Crippen LogP contribution in [0.2, 0.25) is 0 Å². The van der Waals surface area contributed by atoms with Gasteiger partial charge in [-0.05, 0) is 13.3 Å². The van der Waals surface area contributed by atoms with Gasteiger partial charge in [-0.3, -0.25) is 0 Å². The summed E-state index contributed by atoms with van der Waals surface area (Å²) < 4.78 is 337. The first-order valence-electron chi connectivity index (χ1n) is 10.9. The highest BCUT2D eigenvalue weighted by Gasteiger charge is 2.99. The number of hydrogen-bond acceptors (Lipinski definition) is 2. The van der Waals surface area contributed by atoms with Gasteiger partial charge in [0.05, 0.1) is 0 Å². The summed E-state index contributed by atoms with van der Waals surface area (Å²) in [4.78, 5) is 7.42. The van der Waals surface area contributed by atoms with Crippen molar-refractivity contribution in [3.05, 3.63) is 11.6 Å². The summed E-state index contributed by atoms with van der Waals surface area (Å²) in [5, 5.41) is 9.36. The second-order valence-corrected chi connectivity index (χ2v) is 9.46. The molecule has 0 atom stereocenters. The second kappa shape index (κ2) is 12.3. The fourth-order valence-electron chi connectivity index (χ4n) is 2.77. The normalized spacial score (nSPS) is 16.2. The molecule has 0 radical (unpaired) electrons. The van der Waals surface area contributed by atoms with Crippen molar-refractivity contribution in [3.8, 4) is 0 Å². The van der Waals surface area contributed by atoms with Crippen LogP contribution in [-0.4, -0.2) is 93.9 Å². The van der Waals surface area contributed by atoms with Gasteiger partial charge in [-0.25, -0.2) is 4.79 Å². The van der Waals surface area contributed by atoms with E-state index in [0.29, 0.717) is 6.08 Å². The Bertz CT molecular complexity index is 1250. The van der Waals surface area contributed by atoms with Crippen LogP contribution in [0.3, 0.4) is 0 Å². The van der Waals surface area contributed by atoms with Crippen molar-refractivity contribution in [1.29, 1.82) is 0 Å². The Morgan fingerprint density at radius 3 is 1.02 bits per heavy atom. The van der Waals surface area contributed by atoms with Crippen molar-refractivity contribution in [3.63, 3.8) is 0 Å². The molecule has 0 aliphatic carbocycles. The lowest BCUT2D eigenvalue weighted by Crippen LogP contribution is -2.78. The lowest BCUT2D eigenvalue weighted by molar-refractivity contribution is -0.481. The van der Waals surface area contributed by atoms with Crippen LogP contribution in [0.25, 0.3) is 0 Å². The molecule has 0 spiro atoms. The van der Waals surface area contributed by atoms with E-state index in [1.807, 2.05) is 0 Å². The van der Waals surface area contributed by atoms with Crippen molar-refractivity contribution in [2.24, 2.45) is 0 Å². The molecule has 0 aliphatic heterocycles. The van der Waals surface area contributed by atoms with E-state index in [1.165, 1.54) is 0 Å². The monoisotopic (exact) mass is 791 g/mol. The van der Waals surface area contributed by atoms with Crippen LogP contribution in [0.5, 0.6) is 0 Å². The Morgan fingerprint density at radius 2 is 0.771 bits per heavy atom. The van der Waals surface area contributed by atoms with Gasteiger partial charge in [0, 0.05) is 12.1 Å². The largest absolute Gasteiger partial charge is 0.478 e. The van der Waals surface area contributed by atoms with Gasteiger partial charge in [0.15, 0.2) is 4.99 Å². The molecule has 284 valence electrons. The summed E-state index contributed by atoms with van der Waals surface area (Å²) in [5.41, 5.74) is -0.632. The lowest BCUT2D eigenvalue weighted by atomic mass is 9.84. The molecule has 0 bridgehead atoms. The Labute approximate surface area is 252 Å². The molecule has 0 rings (SSSR count). The average molecular weight is 791 g/mol. The zero-order valence-electron chi connectivity index (χ0n) is 21.7. The Kier molecular flexibility index (Phi) is 11.6. The number of halogens is 25. The van der Waals surface area contributed by atoms with E-state index in [2.05, 4.69) is 12.2 Å². The molecule has 0 aromatic heterocycles. The van der Waals surface area contributed by atoms with Gasteiger partial charge in [0.25, 0.3) is 0 Å². The van der Waals surface area contributed by atoms with Gasteiger partial charge >= 0.3 is 77.3 Å². The first kappa shape index (κ1) is 45.3. The molecule has 0 saturated carbocycles. The van der Waals surface area contributed by atoms with Gasteiger partial charge in [-0.15, -0.1) is 0 Å². The fourth-order valence-corrected chi connectivity index (χ4v) is 3.00. The van der Waals surface area contributed by atoms with Crippen LogP contribution in [0.4, 0.5) is 110 Å². The fraction of sp³-hybridized carbons (Fsp3) is 0.789. The van der Waals surface area contributed by atoms with Crippen LogP contribution in [-0.2, 0) is 4.79 Å². The number of thiocarbonyl (C=S) groups is 1. The first-order valence-corrected chi connectivity index (χ1v) is 11.3. The molecule has 0 aliphatic rings. The molecule has 2 N–H and O–H groups in total. The van der Waals surface area contributed by atoms with Gasteiger partial charge in [-0.2, -0.15) is 110 Å². The number of hydrogen-bond donors (Lipinski definition) is 2. The predicted molar refractivity (Wildman–Crippen MR) is 107 cm³/mol. The van der Waals surface area contributed by atoms with E-state index in [0.717, 1.165) is 12.2 Å². The van der Waals surface area contributed by atoms with E-state index < -0.39 is 101 Å². The second-order valence-electron chi connectivity index (χ2n) is 9.05. The molecule has 0 heterocycles. The molecule has 0 amide bonds. The maximum absolute atomic E-state index is 14.0. The van der Waals surface area contributed by atoms with Crippen molar-refractivity contribution < 1.29 is 120 Å². The van der Waals surface area contributed by atoms with Gasteiger partial charge in [0.1, 0.15) is 0 Å². The van der Waals surface area contributed by atoms with E-state index in [4.69, 9.17) is 5.11 Å². The molecule has 0 aromatic carbocycles. The minimum atomic E-state index is -9.66. The zero-order chi connectivity index (χ0) is 39.6. The van der Waals surface area contributed by atoms with Crippen LogP contribution in [0, 0.1) is 0 Å². The number of nitrogens with one attached hydrogen (secondary N) is 1. The Morgan fingerprint density at radius 1 is 0.521 bits per heavy atom. The van der Waals surface area contributed by atoms with E-state index in [-0.39, 0.29) is 0 Å². The van der Waals surface area contributed by atoms with E-state index >= 15 is 0 Å². The average Bonchev–Trinajstić information content (AvgIpc) is 2.88. The third kappa shape index (κ3) is 6.05. The molecule has 0 fully saturated rings. The molecule has 48 heavy (non-hydrogen) atoms.